The first kappa shape index (κ1) is 16.7. The van der Waals surface area contributed by atoms with Crippen LogP contribution >= 0.6 is 0 Å². The van der Waals surface area contributed by atoms with Crippen molar-refractivity contribution in [3.63, 3.8) is 0 Å². The van der Waals surface area contributed by atoms with E-state index < -0.39 is 10.8 Å². The van der Waals surface area contributed by atoms with E-state index in [4.69, 9.17) is 4.74 Å². The van der Waals surface area contributed by atoms with Crippen LogP contribution in [0, 0.1) is 0 Å². The highest BCUT2D eigenvalue weighted by Crippen LogP contribution is 2.33. The lowest BCUT2D eigenvalue weighted by Crippen LogP contribution is -2.36. The summed E-state index contributed by atoms with van der Waals surface area (Å²) in [5.74, 6) is 0.905. The van der Waals surface area contributed by atoms with Gasteiger partial charge in [0.15, 0.2) is 0 Å². The van der Waals surface area contributed by atoms with Gasteiger partial charge in [-0.2, -0.15) is 0 Å². The predicted molar refractivity (Wildman–Crippen MR) is 83.7 cm³/mol. The minimum Gasteiger partial charge on any atom is -0.501 e. The minimum absolute atomic E-state index is 0.0642. The minimum atomic E-state index is -0.650. The number of ether oxygens (including phenoxy) is 1. The fourth-order valence-electron chi connectivity index (χ4n) is 2.82. The van der Waals surface area contributed by atoms with Crippen LogP contribution in [0.3, 0.4) is 0 Å². The fraction of sp³-hybridized carbons (Fsp3) is 0.875. The maximum atomic E-state index is 12.6. The van der Waals surface area contributed by atoms with Gasteiger partial charge in [0.05, 0.1) is 12.9 Å². The summed E-state index contributed by atoms with van der Waals surface area (Å²) in [5, 5.41) is 0. The molecule has 0 aromatic heterocycles. The molecule has 1 aliphatic heterocycles. The molecule has 2 unspecified atom stereocenters. The fourth-order valence-corrected chi connectivity index (χ4v) is 4.79. The molecule has 2 atom stereocenters. The van der Waals surface area contributed by atoms with Crippen molar-refractivity contribution in [3.8, 4) is 0 Å². The van der Waals surface area contributed by atoms with E-state index in [2.05, 4.69) is 6.92 Å². The second-order valence-electron chi connectivity index (χ2n) is 5.92. The van der Waals surface area contributed by atoms with Crippen molar-refractivity contribution in [2.75, 3.05) is 12.4 Å². The van der Waals surface area contributed by atoms with Crippen molar-refractivity contribution in [2.45, 2.75) is 76.9 Å². The highest BCUT2D eigenvalue weighted by Gasteiger charge is 2.34. The van der Waals surface area contributed by atoms with Crippen LogP contribution in [0.4, 0.5) is 0 Å². The van der Waals surface area contributed by atoms with Gasteiger partial charge in [0.1, 0.15) is 0 Å². The lowest BCUT2D eigenvalue weighted by molar-refractivity contribution is 0.230. The van der Waals surface area contributed by atoms with E-state index >= 15 is 0 Å². The number of allylic oxidation sites excluding steroid dienone is 1. The zero-order valence-electron chi connectivity index (χ0n) is 12.9. The SMILES string of the molecule is CCC1(CCCOC=C(C)C)CCCCCCS1=O. The van der Waals surface area contributed by atoms with Crippen LogP contribution in [0.15, 0.2) is 11.8 Å². The van der Waals surface area contributed by atoms with E-state index in [-0.39, 0.29) is 4.75 Å². The van der Waals surface area contributed by atoms with Gasteiger partial charge in [-0.3, -0.25) is 4.21 Å². The molecular formula is C16H30O2S. The summed E-state index contributed by atoms with van der Waals surface area (Å²) in [6, 6.07) is 0. The zero-order valence-corrected chi connectivity index (χ0v) is 13.7. The lowest BCUT2D eigenvalue weighted by atomic mass is 9.92. The molecule has 0 N–H and O–H groups in total. The highest BCUT2D eigenvalue weighted by atomic mass is 32.2. The average Bonchev–Trinajstić information content (AvgIpc) is 2.37. The molecule has 0 aromatic carbocycles. The molecule has 0 amide bonds. The molecule has 0 radical (unpaired) electrons. The van der Waals surface area contributed by atoms with Gasteiger partial charge < -0.3 is 4.74 Å². The van der Waals surface area contributed by atoms with Gasteiger partial charge in [-0.1, -0.05) is 26.2 Å². The molecule has 1 aliphatic rings. The van der Waals surface area contributed by atoms with E-state index in [0.717, 1.165) is 44.5 Å². The smallest absolute Gasteiger partial charge is 0.0873 e. The van der Waals surface area contributed by atoms with Gasteiger partial charge in [-0.25, -0.2) is 0 Å². The second-order valence-corrected chi connectivity index (χ2v) is 7.89. The second kappa shape index (κ2) is 8.78. The van der Waals surface area contributed by atoms with Crippen molar-refractivity contribution in [1.29, 1.82) is 0 Å². The average molecular weight is 286 g/mol. The van der Waals surface area contributed by atoms with E-state index in [1.54, 1.807) is 0 Å². The largest absolute Gasteiger partial charge is 0.501 e. The number of hydrogen-bond acceptors (Lipinski definition) is 2. The van der Waals surface area contributed by atoms with Crippen molar-refractivity contribution < 1.29 is 8.95 Å². The summed E-state index contributed by atoms with van der Waals surface area (Å²) in [6.45, 7) is 7.04. The summed E-state index contributed by atoms with van der Waals surface area (Å²) < 4.78 is 18.1. The van der Waals surface area contributed by atoms with Crippen LogP contribution in [0.1, 0.15) is 72.1 Å². The molecule has 3 heteroatoms. The maximum Gasteiger partial charge on any atom is 0.0873 e. The molecular weight excluding hydrogens is 256 g/mol. The molecule has 0 spiro atoms. The molecule has 112 valence electrons. The summed E-state index contributed by atoms with van der Waals surface area (Å²) in [5.41, 5.74) is 1.19. The molecule has 2 nitrogen and oxygen atoms in total. The first-order chi connectivity index (χ1) is 9.10. The molecule has 19 heavy (non-hydrogen) atoms. The Labute approximate surface area is 121 Å². The van der Waals surface area contributed by atoms with Crippen LogP contribution in [0.25, 0.3) is 0 Å². The summed E-state index contributed by atoms with van der Waals surface area (Å²) in [7, 11) is -0.650. The Bertz CT molecular complexity index is 308. The van der Waals surface area contributed by atoms with Crippen LogP contribution in [-0.4, -0.2) is 21.3 Å². The number of hydrogen-bond donors (Lipinski definition) is 0. The summed E-state index contributed by atoms with van der Waals surface area (Å²) in [4.78, 5) is 0. The van der Waals surface area contributed by atoms with Gasteiger partial charge >= 0.3 is 0 Å². The standard InChI is InChI=1S/C16H30O2S/c1-4-16(11-9-12-18-14-15(2)3)10-7-5-6-8-13-19(16)17/h14H,4-13H2,1-3H3. The molecule has 0 bridgehead atoms. The van der Waals surface area contributed by atoms with E-state index in [9.17, 15) is 4.21 Å². The first-order valence-electron chi connectivity index (χ1n) is 7.74. The molecule has 0 aromatic rings. The lowest BCUT2D eigenvalue weighted by Gasteiger charge is -2.33. The zero-order chi connectivity index (χ0) is 14.1. The number of rotatable bonds is 6. The monoisotopic (exact) mass is 286 g/mol. The van der Waals surface area contributed by atoms with E-state index in [1.807, 2.05) is 20.1 Å². The van der Waals surface area contributed by atoms with Crippen LogP contribution in [0.2, 0.25) is 0 Å². The Morgan fingerprint density at radius 1 is 1.26 bits per heavy atom. The first-order valence-corrected chi connectivity index (χ1v) is 9.06. The Kier molecular flexibility index (Phi) is 7.74. The van der Waals surface area contributed by atoms with Gasteiger partial charge in [0, 0.05) is 21.3 Å². The maximum absolute atomic E-state index is 12.6. The van der Waals surface area contributed by atoms with Crippen molar-refractivity contribution in [1.82, 2.24) is 0 Å². The van der Waals surface area contributed by atoms with Gasteiger partial charge in [0.2, 0.25) is 0 Å². The van der Waals surface area contributed by atoms with E-state index in [1.165, 1.54) is 24.8 Å². The van der Waals surface area contributed by atoms with Crippen LogP contribution < -0.4 is 0 Å². The van der Waals surface area contributed by atoms with Crippen molar-refractivity contribution >= 4 is 10.8 Å². The molecule has 1 heterocycles. The highest BCUT2D eigenvalue weighted by molar-refractivity contribution is 7.86. The van der Waals surface area contributed by atoms with Crippen molar-refractivity contribution in [2.24, 2.45) is 0 Å². The quantitative estimate of drug-likeness (QED) is 0.528. The van der Waals surface area contributed by atoms with Gasteiger partial charge in [-0.05, 0) is 51.5 Å². The normalized spacial score (nSPS) is 28.3. The molecule has 1 rings (SSSR count). The van der Waals surface area contributed by atoms with Crippen LogP contribution in [0.5, 0.6) is 0 Å². The third kappa shape index (κ3) is 5.68. The Morgan fingerprint density at radius 2 is 2.00 bits per heavy atom. The Balaban J connectivity index is 2.47. The predicted octanol–water partition coefficient (Wildman–Crippen LogP) is 4.57. The molecule has 0 saturated carbocycles. The Hall–Kier alpha value is -0.310. The molecule has 0 aliphatic carbocycles. The van der Waals surface area contributed by atoms with Gasteiger partial charge in [-0.15, -0.1) is 0 Å². The molecule has 1 fully saturated rings. The van der Waals surface area contributed by atoms with Crippen molar-refractivity contribution in [3.05, 3.63) is 11.8 Å². The van der Waals surface area contributed by atoms with Crippen LogP contribution in [-0.2, 0) is 15.5 Å². The summed E-state index contributed by atoms with van der Waals surface area (Å²) >= 11 is 0. The van der Waals surface area contributed by atoms with Gasteiger partial charge in [0.25, 0.3) is 0 Å². The summed E-state index contributed by atoms with van der Waals surface area (Å²) in [6.07, 6.45) is 11.0. The third-order valence-corrected chi connectivity index (χ3v) is 6.38. The third-order valence-electron chi connectivity index (χ3n) is 4.05. The molecule has 1 saturated heterocycles. The Morgan fingerprint density at radius 3 is 2.68 bits per heavy atom. The topological polar surface area (TPSA) is 26.3 Å². The van der Waals surface area contributed by atoms with E-state index in [0.29, 0.717) is 0 Å².